The monoisotopic (exact) mass is 305 g/mol. The SMILES string of the molecule is O=C(c1cc(F)c(F)c(F)c1)N(CCCCl)C1CCC1. The van der Waals surface area contributed by atoms with Crippen molar-refractivity contribution in [3.63, 3.8) is 0 Å². The van der Waals surface area contributed by atoms with E-state index in [-0.39, 0.29) is 11.6 Å². The van der Waals surface area contributed by atoms with Gasteiger partial charge in [0.05, 0.1) is 0 Å². The third-order valence-corrected chi connectivity index (χ3v) is 3.81. The molecule has 1 aromatic rings. The lowest BCUT2D eigenvalue weighted by atomic mass is 9.90. The highest BCUT2D eigenvalue weighted by molar-refractivity contribution is 6.17. The fourth-order valence-corrected chi connectivity index (χ4v) is 2.34. The number of carbonyl (C=O) groups excluding carboxylic acids is 1. The van der Waals surface area contributed by atoms with Crippen LogP contribution >= 0.6 is 11.6 Å². The van der Waals surface area contributed by atoms with Crippen LogP contribution in [-0.2, 0) is 0 Å². The minimum atomic E-state index is -1.56. The molecule has 2 nitrogen and oxygen atoms in total. The van der Waals surface area contributed by atoms with Gasteiger partial charge in [0, 0.05) is 24.0 Å². The van der Waals surface area contributed by atoms with E-state index in [9.17, 15) is 18.0 Å². The maximum Gasteiger partial charge on any atom is 0.254 e. The number of hydrogen-bond donors (Lipinski definition) is 0. The van der Waals surface area contributed by atoms with Gasteiger partial charge in [0.25, 0.3) is 5.91 Å². The Bertz CT molecular complexity index is 482. The predicted octanol–water partition coefficient (Wildman–Crippen LogP) is 3.73. The molecule has 0 aliphatic heterocycles. The van der Waals surface area contributed by atoms with Gasteiger partial charge in [-0.05, 0) is 37.8 Å². The van der Waals surface area contributed by atoms with Gasteiger partial charge in [0.15, 0.2) is 17.5 Å². The molecule has 110 valence electrons. The van der Waals surface area contributed by atoms with Crippen LogP contribution in [0.3, 0.4) is 0 Å². The van der Waals surface area contributed by atoms with Crippen LogP contribution in [0.5, 0.6) is 0 Å². The lowest BCUT2D eigenvalue weighted by Gasteiger charge is -2.37. The molecule has 1 amide bonds. The fraction of sp³-hybridized carbons (Fsp3) is 0.500. The van der Waals surface area contributed by atoms with Gasteiger partial charge in [0.1, 0.15) is 0 Å². The zero-order valence-corrected chi connectivity index (χ0v) is 11.6. The van der Waals surface area contributed by atoms with Gasteiger partial charge in [-0.15, -0.1) is 11.6 Å². The number of hydrogen-bond acceptors (Lipinski definition) is 1. The standard InChI is InChI=1S/C14H15ClF3NO/c15-5-2-6-19(10-3-1-4-10)14(20)9-7-11(16)13(18)12(17)8-9/h7-8,10H,1-6H2. The molecule has 20 heavy (non-hydrogen) atoms. The molecule has 1 fully saturated rings. The van der Waals surface area contributed by atoms with Crippen molar-refractivity contribution in [2.45, 2.75) is 31.7 Å². The fourth-order valence-electron chi connectivity index (χ4n) is 2.22. The molecule has 0 heterocycles. The first-order chi connectivity index (χ1) is 9.54. The van der Waals surface area contributed by atoms with Crippen LogP contribution in [0.4, 0.5) is 13.2 Å². The van der Waals surface area contributed by atoms with Crippen molar-refractivity contribution < 1.29 is 18.0 Å². The van der Waals surface area contributed by atoms with E-state index in [0.717, 1.165) is 31.4 Å². The number of carbonyl (C=O) groups is 1. The second kappa shape index (κ2) is 6.48. The third-order valence-electron chi connectivity index (χ3n) is 3.54. The highest BCUT2D eigenvalue weighted by atomic mass is 35.5. The quantitative estimate of drug-likeness (QED) is 0.599. The molecule has 0 atom stereocenters. The van der Waals surface area contributed by atoms with Crippen molar-refractivity contribution in [2.75, 3.05) is 12.4 Å². The molecular weight excluding hydrogens is 291 g/mol. The van der Waals surface area contributed by atoms with Gasteiger partial charge in [0.2, 0.25) is 0 Å². The highest BCUT2D eigenvalue weighted by Gasteiger charge is 2.29. The number of benzene rings is 1. The first kappa shape index (κ1) is 15.2. The van der Waals surface area contributed by atoms with Crippen molar-refractivity contribution in [3.05, 3.63) is 35.1 Å². The predicted molar refractivity (Wildman–Crippen MR) is 70.3 cm³/mol. The minimum absolute atomic E-state index is 0.0851. The number of rotatable bonds is 5. The number of nitrogens with zero attached hydrogens (tertiary/aromatic N) is 1. The number of alkyl halides is 1. The summed E-state index contributed by atoms with van der Waals surface area (Å²) in [6.45, 7) is 0.438. The smallest absolute Gasteiger partial charge is 0.254 e. The summed E-state index contributed by atoms with van der Waals surface area (Å²) in [5.74, 6) is -4.32. The molecule has 0 saturated heterocycles. The largest absolute Gasteiger partial charge is 0.336 e. The average Bonchev–Trinajstić information content (AvgIpc) is 2.37. The molecule has 1 aliphatic rings. The summed E-state index contributed by atoms with van der Waals surface area (Å²) < 4.78 is 39.3. The third kappa shape index (κ3) is 3.08. The van der Waals surface area contributed by atoms with E-state index < -0.39 is 23.4 Å². The van der Waals surface area contributed by atoms with E-state index >= 15 is 0 Å². The summed E-state index contributed by atoms with van der Waals surface area (Å²) in [6.07, 6.45) is 3.39. The maximum absolute atomic E-state index is 13.2. The van der Waals surface area contributed by atoms with Crippen LogP contribution in [0.15, 0.2) is 12.1 Å². The van der Waals surface area contributed by atoms with Gasteiger partial charge >= 0.3 is 0 Å². The molecule has 1 aromatic carbocycles. The lowest BCUT2D eigenvalue weighted by molar-refractivity contribution is 0.0579. The van der Waals surface area contributed by atoms with Crippen molar-refractivity contribution >= 4 is 17.5 Å². The Hall–Kier alpha value is -1.23. The van der Waals surface area contributed by atoms with Crippen molar-refractivity contribution in [1.82, 2.24) is 4.90 Å². The summed E-state index contributed by atoms with van der Waals surface area (Å²) in [6, 6.07) is 1.57. The van der Waals surface area contributed by atoms with Gasteiger partial charge in [-0.1, -0.05) is 0 Å². The van der Waals surface area contributed by atoms with E-state index in [1.165, 1.54) is 0 Å². The van der Waals surface area contributed by atoms with Crippen LogP contribution in [0.2, 0.25) is 0 Å². The molecule has 0 N–H and O–H groups in total. The van der Waals surface area contributed by atoms with Crippen LogP contribution in [0, 0.1) is 17.5 Å². The van der Waals surface area contributed by atoms with Gasteiger partial charge in [-0.3, -0.25) is 4.79 Å². The molecular formula is C14H15ClF3NO. The second-order valence-electron chi connectivity index (χ2n) is 4.88. The van der Waals surface area contributed by atoms with Crippen molar-refractivity contribution in [2.24, 2.45) is 0 Å². The average molecular weight is 306 g/mol. The zero-order valence-electron chi connectivity index (χ0n) is 10.8. The molecule has 0 unspecified atom stereocenters. The summed E-state index contributed by atoms with van der Waals surface area (Å²) in [7, 11) is 0. The van der Waals surface area contributed by atoms with Gasteiger partial charge in [-0.2, -0.15) is 0 Å². The van der Waals surface area contributed by atoms with Crippen LogP contribution in [0.1, 0.15) is 36.0 Å². The Kier molecular flexibility index (Phi) is 4.91. The summed E-state index contributed by atoms with van der Waals surface area (Å²) in [5.41, 5.74) is -0.164. The highest BCUT2D eigenvalue weighted by Crippen LogP contribution is 2.27. The van der Waals surface area contributed by atoms with Crippen LogP contribution in [-0.4, -0.2) is 29.3 Å². The molecule has 0 bridgehead atoms. The Morgan fingerprint density at radius 3 is 2.30 bits per heavy atom. The number of halogens is 4. The van der Waals surface area contributed by atoms with E-state index in [2.05, 4.69) is 0 Å². The summed E-state index contributed by atoms with van der Waals surface area (Å²) in [4.78, 5) is 13.9. The van der Waals surface area contributed by atoms with E-state index in [4.69, 9.17) is 11.6 Å². The second-order valence-corrected chi connectivity index (χ2v) is 5.26. The Morgan fingerprint density at radius 1 is 1.25 bits per heavy atom. The molecule has 6 heteroatoms. The maximum atomic E-state index is 13.2. The van der Waals surface area contributed by atoms with E-state index in [0.29, 0.717) is 18.8 Å². The first-order valence-corrected chi connectivity index (χ1v) is 7.09. The lowest BCUT2D eigenvalue weighted by Crippen LogP contribution is -2.45. The normalized spacial score (nSPS) is 15.0. The Labute approximate surface area is 120 Å². The van der Waals surface area contributed by atoms with Crippen LogP contribution in [0.25, 0.3) is 0 Å². The minimum Gasteiger partial charge on any atom is -0.336 e. The summed E-state index contributed by atoms with van der Waals surface area (Å²) in [5, 5.41) is 0. The first-order valence-electron chi connectivity index (χ1n) is 6.56. The molecule has 2 rings (SSSR count). The number of amides is 1. The molecule has 0 aromatic heterocycles. The van der Waals surface area contributed by atoms with Crippen molar-refractivity contribution in [1.29, 1.82) is 0 Å². The molecule has 0 radical (unpaired) electrons. The van der Waals surface area contributed by atoms with Gasteiger partial charge in [-0.25, -0.2) is 13.2 Å². The van der Waals surface area contributed by atoms with Crippen LogP contribution < -0.4 is 0 Å². The van der Waals surface area contributed by atoms with E-state index in [1.807, 2.05) is 0 Å². The zero-order chi connectivity index (χ0) is 14.7. The summed E-state index contributed by atoms with van der Waals surface area (Å²) >= 11 is 5.63. The van der Waals surface area contributed by atoms with Crippen molar-refractivity contribution in [3.8, 4) is 0 Å². The molecule has 1 aliphatic carbocycles. The van der Waals surface area contributed by atoms with Gasteiger partial charge < -0.3 is 4.90 Å². The topological polar surface area (TPSA) is 20.3 Å². The Balaban J connectivity index is 2.22. The molecule has 0 spiro atoms. The molecule has 1 saturated carbocycles. The Morgan fingerprint density at radius 2 is 1.85 bits per heavy atom. The van der Waals surface area contributed by atoms with E-state index in [1.54, 1.807) is 4.90 Å².